The Hall–Kier alpha value is 0.390. The lowest BCUT2D eigenvalue weighted by Crippen LogP contribution is -2.31. The third-order valence-corrected chi connectivity index (χ3v) is 14.3. The predicted molar refractivity (Wildman–Crippen MR) is 218 cm³/mol. The minimum absolute atomic E-state index is 0.125. The van der Waals surface area contributed by atoms with Crippen molar-refractivity contribution in [3.63, 3.8) is 0 Å². The van der Waals surface area contributed by atoms with Crippen LogP contribution in [-0.2, 0) is 28.6 Å². The summed E-state index contributed by atoms with van der Waals surface area (Å²) in [5, 5.41) is 3.35. The van der Waals surface area contributed by atoms with Crippen molar-refractivity contribution < 1.29 is 28.6 Å². The van der Waals surface area contributed by atoms with Crippen LogP contribution in [0.15, 0.2) is 0 Å². The maximum Gasteiger partial charge on any atom is 0.307 e. The molecule has 0 aromatic heterocycles. The Morgan fingerprint density at radius 2 is 0.896 bits per heavy atom. The highest BCUT2D eigenvalue weighted by molar-refractivity contribution is 8.77. The van der Waals surface area contributed by atoms with Crippen molar-refractivity contribution in [1.29, 1.82) is 0 Å². The first kappa shape index (κ1) is 48.4. The van der Waals surface area contributed by atoms with Gasteiger partial charge in [0.25, 0.3) is 0 Å². The molecule has 0 unspecified atom stereocenters. The first-order valence-corrected chi connectivity index (χ1v) is 25.2. The highest BCUT2D eigenvalue weighted by atomic mass is 33.1. The van der Waals surface area contributed by atoms with Gasteiger partial charge in [0.05, 0.1) is 19.3 Å². The van der Waals surface area contributed by atoms with Gasteiger partial charge in [-0.15, -0.1) is 0 Å². The number of rotatable bonds is 37. The number of hydrogen-bond donors (Lipinski definition) is 1. The molecule has 0 heterocycles. The molecule has 0 bridgehead atoms. The fraction of sp³-hybridized carbons (Fsp3) is 0.909. The molecule has 48 heavy (non-hydrogen) atoms. The van der Waals surface area contributed by atoms with Gasteiger partial charge in [0.2, 0.25) is 0 Å². The number of ether oxygens (including phenoxy) is 3. The van der Waals surface area contributed by atoms with E-state index in [1.54, 1.807) is 32.4 Å². The fourth-order valence-corrected chi connectivity index (χ4v) is 9.89. The summed E-state index contributed by atoms with van der Waals surface area (Å²) in [4.78, 5) is 41.1. The smallest absolute Gasteiger partial charge is 0.307 e. The zero-order valence-electron chi connectivity index (χ0n) is 30.2. The Bertz CT molecular complexity index is 731. The van der Waals surface area contributed by atoms with E-state index in [4.69, 9.17) is 14.2 Å². The number of esters is 3. The van der Waals surface area contributed by atoms with E-state index in [9.17, 15) is 14.4 Å². The van der Waals surface area contributed by atoms with Crippen molar-refractivity contribution >= 4 is 82.7 Å². The van der Waals surface area contributed by atoms with Gasteiger partial charge in [-0.1, -0.05) is 85.5 Å². The highest BCUT2D eigenvalue weighted by Gasteiger charge is 2.13. The number of carbonyl (C=O) groups is 3. The molecule has 0 saturated heterocycles. The van der Waals surface area contributed by atoms with Gasteiger partial charge in [-0.05, 0) is 78.2 Å². The van der Waals surface area contributed by atoms with Gasteiger partial charge in [0.1, 0.15) is 19.8 Å². The van der Waals surface area contributed by atoms with Gasteiger partial charge >= 0.3 is 17.9 Å². The van der Waals surface area contributed by atoms with Gasteiger partial charge in [0.15, 0.2) is 0 Å². The van der Waals surface area contributed by atoms with E-state index in [-0.39, 0.29) is 17.9 Å². The fourth-order valence-electron chi connectivity index (χ4n) is 4.00. The lowest BCUT2D eigenvalue weighted by atomic mass is 10.2. The second-order valence-electron chi connectivity index (χ2n) is 11.2. The van der Waals surface area contributed by atoms with E-state index in [1.165, 1.54) is 6.42 Å². The van der Waals surface area contributed by atoms with Crippen LogP contribution < -0.4 is 5.32 Å². The number of hydrogen-bond acceptors (Lipinski definition) is 15. The summed E-state index contributed by atoms with van der Waals surface area (Å²) in [7, 11) is 12.9. The van der Waals surface area contributed by atoms with Crippen LogP contribution in [0.1, 0.15) is 85.0 Å². The molecule has 9 nitrogen and oxygen atoms in total. The molecule has 0 spiro atoms. The van der Waals surface area contributed by atoms with Crippen molar-refractivity contribution in [1.82, 2.24) is 15.1 Å². The van der Waals surface area contributed by atoms with Crippen LogP contribution in [0.3, 0.4) is 0 Å². The number of nitrogens with one attached hydrogen (secondary N) is 1. The third-order valence-electron chi connectivity index (χ3n) is 6.58. The quantitative estimate of drug-likeness (QED) is 0.0290. The normalized spacial score (nSPS) is 11.4. The summed E-state index contributed by atoms with van der Waals surface area (Å²) < 4.78 is 16.1. The monoisotopic (exact) mass is 791 g/mol. The molecular weight excluding hydrogens is 727 g/mol. The minimum Gasteiger partial charge on any atom is -0.465 e. The summed E-state index contributed by atoms with van der Waals surface area (Å²) in [6, 6.07) is 0. The van der Waals surface area contributed by atoms with Gasteiger partial charge in [-0.3, -0.25) is 14.4 Å². The Balaban J connectivity index is 4.18. The zero-order valence-corrected chi connectivity index (χ0v) is 35.1. The molecule has 0 atom stereocenters. The van der Waals surface area contributed by atoms with E-state index >= 15 is 0 Å². The number of carbonyl (C=O) groups excluding carboxylic acids is 3. The van der Waals surface area contributed by atoms with Crippen molar-refractivity contribution in [2.75, 3.05) is 107 Å². The Morgan fingerprint density at radius 3 is 1.35 bits per heavy atom. The molecule has 0 saturated carbocycles. The topological polar surface area (TPSA) is 97.4 Å². The summed E-state index contributed by atoms with van der Waals surface area (Å²) in [6.45, 7) is 13.5. The molecule has 15 heteroatoms. The molecule has 0 aromatic carbocycles. The van der Waals surface area contributed by atoms with Crippen molar-refractivity contribution in [3.05, 3.63) is 0 Å². The second-order valence-corrected chi connectivity index (χ2v) is 19.3. The molecule has 0 radical (unpaired) electrons. The first-order valence-electron chi connectivity index (χ1n) is 17.7. The lowest BCUT2D eigenvalue weighted by Gasteiger charge is -2.22. The number of unbranched alkanes of at least 4 members (excludes halogenated alkanes) is 2. The van der Waals surface area contributed by atoms with Crippen molar-refractivity contribution in [2.45, 2.75) is 85.0 Å². The van der Waals surface area contributed by atoms with Crippen LogP contribution in [0.25, 0.3) is 0 Å². The first-order chi connectivity index (χ1) is 23.4. The minimum atomic E-state index is -0.175. The molecular formula is C33H65N3O6S6. The van der Waals surface area contributed by atoms with Crippen LogP contribution in [0.4, 0.5) is 0 Å². The summed E-state index contributed by atoms with van der Waals surface area (Å²) in [5.41, 5.74) is 0. The van der Waals surface area contributed by atoms with E-state index in [0.717, 1.165) is 99.2 Å². The SMILES string of the molecule is CCCSSCCOC(=O)CCNCCCCN(C)CCCCN(CCC(=O)OCCSSCCC)CCC(=O)OCCSSCCC. The van der Waals surface area contributed by atoms with E-state index in [2.05, 4.69) is 42.9 Å². The molecule has 0 aliphatic heterocycles. The maximum atomic E-state index is 12.3. The second kappa shape index (κ2) is 38.6. The summed E-state index contributed by atoms with van der Waals surface area (Å²) in [5.74, 6) is 5.34. The van der Waals surface area contributed by atoms with Crippen molar-refractivity contribution in [3.8, 4) is 0 Å². The van der Waals surface area contributed by atoms with Crippen LogP contribution in [0, 0.1) is 0 Å². The average molecular weight is 792 g/mol. The molecule has 0 aromatic rings. The van der Waals surface area contributed by atoms with Crippen LogP contribution >= 0.6 is 64.8 Å². The predicted octanol–water partition coefficient (Wildman–Crippen LogP) is 7.54. The molecule has 0 aliphatic rings. The molecule has 0 aliphatic carbocycles. The standard InChI is InChI=1S/C33H65N3O6S6/c1-5-25-43-46-28-22-40-31(37)12-16-34-15-8-9-17-35(4)18-10-11-19-36(20-13-32(38)41-23-29-47-44-26-6-2)21-14-33(39)42-24-30-48-45-27-7-3/h34H,5-30H2,1-4H3. The molecule has 284 valence electrons. The van der Waals surface area contributed by atoms with Crippen LogP contribution in [-0.4, -0.2) is 135 Å². The van der Waals surface area contributed by atoms with Gasteiger partial charge in [-0.25, -0.2) is 0 Å². The van der Waals surface area contributed by atoms with Gasteiger partial charge < -0.3 is 29.3 Å². The lowest BCUT2D eigenvalue weighted by molar-refractivity contribution is -0.144. The van der Waals surface area contributed by atoms with E-state index in [0.29, 0.717) is 58.7 Å². The van der Waals surface area contributed by atoms with Gasteiger partial charge in [0, 0.05) is 54.2 Å². The summed E-state index contributed by atoms with van der Waals surface area (Å²) >= 11 is 0. The van der Waals surface area contributed by atoms with Gasteiger partial charge in [-0.2, -0.15) is 0 Å². The summed E-state index contributed by atoms with van der Waals surface area (Å²) in [6.07, 6.45) is 8.76. The third kappa shape index (κ3) is 36.2. The highest BCUT2D eigenvalue weighted by Crippen LogP contribution is 2.22. The zero-order chi connectivity index (χ0) is 35.3. The maximum absolute atomic E-state index is 12.3. The molecule has 1 N–H and O–H groups in total. The Labute approximate surface area is 316 Å². The Kier molecular flexibility index (Phi) is 38.9. The average Bonchev–Trinajstić information content (AvgIpc) is 3.08. The Morgan fingerprint density at radius 1 is 0.500 bits per heavy atom. The van der Waals surface area contributed by atoms with E-state index in [1.807, 2.05) is 32.4 Å². The van der Waals surface area contributed by atoms with Crippen molar-refractivity contribution in [2.24, 2.45) is 0 Å². The number of nitrogens with zero attached hydrogens (tertiary/aromatic N) is 2. The van der Waals surface area contributed by atoms with E-state index < -0.39 is 0 Å². The van der Waals surface area contributed by atoms with Crippen LogP contribution in [0.2, 0.25) is 0 Å². The van der Waals surface area contributed by atoms with Crippen LogP contribution in [0.5, 0.6) is 0 Å². The molecule has 0 fully saturated rings. The molecule has 0 rings (SSSR count). The largest absolute Gasteiger partial charge is 0.465 e. The molecule has 0 amide bonds.